The van der Waals surface area contributed by atoms with E-state index in [9.17, 15) is 19.5 Å². The van der Waals surface area contributed by atoms with Crippen molar-refractivity contribution in [3.8, 4) is 11.5 Å². The van der Waals surface area contributed by atoms with E-state index in [4.69, 9.17) is 4.74 Å². The predicted molar refractivity (Wildman–Crippen MR) is 181 cm³/mol. The van der Waals surface area contributed by atoms with Crippen molar-refractivity contribution in [1.29, 1.82) is 0 Å². The molecule has 3 fully saturated rings. The number of ether oxygens (including phenoxy) is 1. The highest BCUT2D eigenvalue weighted by atomic mass is 79.9. The standard InChI is InChI=1S/C36H33Br2N3O6/c1-4-40-32(43)22-15-14-21-23(27(22)34(40)45)16-25-33(44)41(39-20-12-10-18(2)11-13-20)35(46)36(25,19-8-6-5-7-9-19)28(21)24-17-26(47-3)31(42)30(38)29(24)37/h5-14,17,22-23,25,27-28,39,42H,4,15-16H2,1-3H3/t22-,23+,25-,27-,28+,36+/m0/s1. The first-order chi connectivity index (χ1) is 22.6. The quantitative estimate of drug-likeness (QED) is 0.226. The third-order valence-electron chi connectivity index (χ3n) is 10.5. The van der Waals surface area contributed by atoms with Gasteiger partial charge in [-0.15, -0.1) is 0 Å². The van der Waals surface area contributed by atoms with E-state index in [1.807, 2.05) is 67.6 Å². The van der Waals surface area contributed by atoms with Crippen LogP contribution < -0.4 is 10.2 Å². The van der Waals surface area contributed by atoms with Crippen LogP contribution in [-0.2, 0) is 24.6 Å². The van der Waals surface area contributed by atoms with Crippen molar-refractivity contribution in [2.45, 2.75) is 38.0 Å². The lowest BCUT2D eigenvalue weighted by Crippen LogP contribution is -2.53. The summed E-state index contributed by atoms with van der Waals surface area (Å²) in [6.45, 7) is 4.02. The number of aryl methyl sites for hydroxylation is 1. The van der Waals surface area contributed by atoms with Crippen molar-refractivity contribution in [2.75, 3.05) is 19.1 Å². The topological polar surface area (TPSA) is 116 Å². The molecule has 0 radical (unpaired) electrons. The average Bonchev–Trinajstić information content (AvgIpc) is 3.45. The van der Waals surface area contributed by atoms with Crippen molar-refractivity contribution in [2.24, 2.45) is 23.7 Å². The number of hydrogen-bond donors (Lipinski definition) is 2. The van der Waals surface area contributed by atoms with Crippen LogP contribution in [0.5, 0.6) is 11.5 Å². The maximum atomic E-state index is 15.2. The number of phenols is 1. The summed E-state index contributed by atoms with van der Waals surface area (Å²) in [7, 11) is 1.45. The Hall–Kier alpha value is -3.96. The maximum absolute atomic E-state index is 15.2. The highest BCUT2D eigenvalue weighted by Crippen LogP contribution is 2.65. The van der Waals surface area contributed by atoms with E-state index in [1.54, 1.807) is 13.0 Å². The molecule has 0 unspecified atom stereocenters. The molecule has 47 heavy (non-hydrogen) atoms. The molecule has 2 N–H and O–H groups in total. The van der Waals surface area contributed by atoms with Gasteiger partial charge in [0, 0.05) is 16.9 Å². The third-order valence-corrected chi connectivity index (χ3v) is 12.7. The SMILES string of the molecule is CCN1C(=O)[C@H]2[C@H](CC=C3[C@H]2C[C@H]2C(=O)N(Nc4ccc(C)cc4)C(=O)[C@@]2(c2ccccc2)[C@H]3c2cc(OC)c(O)c(Br)c2Br)C1=O. The van der Waals surface area contributed by atoms with E-state index >= 15 is 4.79 Å². The Bertz CT molecular complexity index is 1860. The van der Waals surface area contributed by atoms with Crippen molar-refractivity contribution >= 4 is 61.2 Å². The Morgan fingerprint density at radius 1 is 0.957 bits per heavy atom. The highest BCUT2D eigenvalue weighted by molar-refractivity contribution is 9.13. The molecule has 9 nitrogen and oxygen atoms in total. The minimum atomic E-state index is -1.44. The zero-order valence-electron chi connectivity index (χ0n) is 26.0. The Kier molecular flexibility index (Phi) is 7.82. The lowest BCUT2D eigenvalue weighted by atomic mass is 9.49. The number of allylic oxidation sites excluding steroid dienone is 2. The molecular formula is C36H33Br2N3O6. The van der Waals surface area contributed by atoms with Crippen LogP contribution in [0.3, 0.4) is 0 Å². The number of nitrogens with one attached hydrogen (secondary N) is 1. The van der Waals surface area contributed by atoms with Crippen LogP contribution in [0, 0.1) is 30.6 Å². The molecule has 6 atom stereocenters. The van der Waals surface area contributed by atoms with Crippen molar-refractivity contribution in [3.63, 3.8) is 0 Å². The molecule has 2 heterocycles. The lowest BCUT2D eigenvalue weighted by molar-refractivity contribution is -0.141. The number of hydrazine groups is 1. The number of carbonyl (C=O) groups excluding carboxylic acids is 4. The van der Waals surface area contributed by atoms with Gasteiger partial charge in [-0.3, -0.25) is 29.5 Å². The number of amides is 4. The number of imide groups is 2. The molecule has 3 aromatic carbocycles. The molecule has 4 amide bonds. The van der Waals surface area contributed by atoms with Crippen LogP contribution in [0.25, 0.3) is 0 Å². The van der Waals surface area contributed by atoms with Crippen LogP contribution in [0.2, 0.25) is 0 Å². The Morgan fingerprint density at radius 2 is 1.66 bits per heavy atom. The number of aromatic hydroxyl groups is 1. The molecule has 2 saturated heterocycles. The molecule has 242 valence electrons. The third kappa shape index (κ3) is 4.45. The molecule has 3 aromatic rings. The molecule has 7 rings (SSSR count). The Balaban J connectivity index is 1.51. The second-order valence-corrected chi connectivity index (χ2v) is 14.2. The van der Waals surface area contributed by atoms with Crippen LogP contribution in [0.15, 0.2) is 81.3 Å². The number of hydrogen-bond acceptors (Lipinski definition) is 7. The Labute approximate surface area is 289 Å². The molecule has 11 heteroatoms. The summed E-state index contributed by atoms with van der Waals surface area (Å²) in [4.78, 5) is 58.6. The smallest absolute Gasteiger partial charge is 0.260 e. The number of rotatable bonds is 6. The van der Waals surface area contributed by atoms with Gasteiger partial charge >= 0.3 is 0 Å². The highest BCUT2D eigenvalue weighted by Gasteiger charge is 2.70. The number of halogens is 2. The number of phenolic OH excluding ortho intramolecular Hbond substituents is 1. The fourth-order valence-corrected chi connectivity index (χ4v) is 9.40. The number of nitrogens with zero attached hydrogens (tertiary/aromatic N) is 2. The fraction of sp³-hybridized carbons (Fsp3) is 0.333. The summed E-state index contributed by atoms with van der Waals surface area (Å²) in [5, 5.41) is 12.1. The minimum absolute atomic E-state index is 0.120. The van der Waals surface area contributed by atoms with Crippen LogP contribution >= 0.6 is 31.9 Å². The minimum Gasteiger partial charge on any atom is -0.503 e. The first kappa shape index (κ1) is 31.6. The molecule has 4 aliphatic rings. The van der Waals surface area contributed by atoms with Gasteiger partial charge in [0.15, 0.2) is 11.5 Å². The largest absolute Gasteiger partial charge is 0.503 e. The van der Waals surface area contributed by atoms with Crippen LogP contribution in [0.4, 0.5) is 5.69 Å². The molecule has 0 bridgehead atoms. The van der Waals surface area contributed by atoms with Crippen molar-refractivity contribution < 1.29 is 29.0 Å². The summed E-state index contributed by atoms with van der Waals surface area (Å²) in [5.41, 5.74) is 5.37. The van der Waals surface area contributed by atoms with E-state index in [-0.39, 0.29) is 36.3 Å². The summed E-state index contributed by atoms with van der Waals surface area (Å²) < 4.78 is 6.41. The summed E-state index contributed by atoms with van der Waals surface area (Å²) >= 11 is 7.22. The zero-order chi connectivity index (χ0) is 33.4. The number of likely N-dealkylation sites (tertiary alicyclic amines) is 1. The molecular weight excluding hydrogens is 730 g/mol. The predicted octanol–water partition coefficient (Wildman–Crippen LogP) is 6.24. The normalized spacial score (nSPS) is 28.2. The van der Waals surface area contributed by atoms with Gasteiger partial charge in [-0.2, -0.15) is 5.01 Å². The summed E-state index contributed by atoms with van der Waals surface area (Å²) in [6.07, 6.45) is 2.56. The van der Waals surface area contributed by atoms with E-state index in [0.29, 0.717) is 32.2 Å². The molecule has 2 aliphatic carbocycles. The first-order valence-electron chi connectivity index (χ1n) is 15.6. The van der Waals surface area contributed by atoms with Gasteiger partial charge in [-0.05, 0) is 93.8 Å². The molecule has 0 aromatic heterocycles. The van der Waals surface area contributed by atoms with Crippen LogP contribution in [-0.4, -0.2) is 52.3 Å². The molecule has 0 spiro atoms. The molecule has 1 saturated carbocycles. The monoisotopic (exact) mass is 761 g/mol. The number of benzene rings is 3. The van der Waals surface area contributed by atoms with Crippen LogP contribution in [0.1, 0.15) is 42.4 Å². The van der Waals surface area contributed by atoms with Gasteiger partial charge in [-0.1, -0.05) is 59.7 Å². The van der Waals surface area contributed by atoms with E-state index < -0.39 is 46.8 Å². The van der Waals surface area contributed by atoms with Gasteiger partial charge < -0.3 is 9.84 Å². The van der Waals surface area contributed by atoms with Crippen molar-refractivity contribution in [3.05, 3.63) is 97.9 Å². The number of carbonyl (C=O) groups is 4. The van der Waals surface area contributed by atoms with Gasteiger partial charge in [0.1, 0.15) is 0 Å². The molecule has 2 aliphatic heterocycles. The average molecular weight is 763 g/mol. The van der Waals surface area contributed by atoms with Gasteiger partial charge in [0.2, 0.25) is 11.8 Å². The number of fused-ring (bicyclic) bond motifs is 4. The van der Waals surface area contributed by atoms with Gasteiger partial charge in [0.25, 0.3) is 11.8 Å². The van der Waals surface area contributed by atoms with E-state index in [2.05, 4.69) is 37.3 Å². The second kappa shape index (κ2) is 11.6. The van der Waals surface area contributed by atoms with Crippen molar-refractivity contribution in [1.82, 2.24) is 9.91 Å². The fourth-order valence-electron chi connectivity index (χ4n) is 8.45. The first-order valence-corrected chi connectivity index (χ1v) is 17.2. The van der Waals surface area contributed by atoms with Gasteiger partial charge in [0.05, 0.1) is 40.4 Å². The summed E-state index contributed by atoms with van der Waals surface area (Å²) in [6, 6.07) is 18.4. The lowest BCUT2D eigenvalue weighted by Gasteiger charge is -2.51. The van der Waals surface area contributed by atoms with E-state index in [1.165, 1.54) is 12.0 Å². The maximum Gasteiger partial charge on any atom is 0.260 e. The summed E-state index contributed by atoms with van der Waals surface area (Å²) in [5.74, 6) is -4.51. The van der Waals surface area contributed by atoms with Gasteiger partial charge in [-0.25, -0.2) is 0 Å². The Morgan fingerprint density at radius 3 is 2.32 bits per heavy atom. The number of anilines is 1. The second-order valence-electron chi connectivity index (χ2n) is 12.7. The number of methoxy groups -OCH3 is 1. The van der Waals surface area contributed by atoms with E-state index in [0.717, 1.165) is 16.1 Å². The zero-order valence-corrected chi connectivity index (χ0v) is 29.2.